The number of aliphatic hydroxyl groups excluding tert-OH is 1. The summed E-state index contributed by atoms with van der Waals surface area (Å²) in [6.07, 6.45) is 5.81. The van der Waals surface area contributed by atoms with Crippen LogP contribution in [0, 0.1) is 0 Å². The summed E-state index contributed by atoms with van der Waals surface area (Å²) in [5.74, 6) is -2.83. The molecule has 0 heterocycles. The van der Waals surface area contributed by atoms with Crippen molar-refractivity contribution in [2.75, 3.05) is 20.3 Å². The van der Waals surface area contributed by atoms with Crippen LogP contribution in [0.1, 0.15) is 51.5 Å². The first-order valence-corrected chi connectivity index (χ1v) is 9.89. The van der Waals surface area contributed by atoms with Crippen LogP contribution in [0.5, 0.6) is 5.75 Å². The number of carboxylic acid groups (broad SMARTS) is 2. The number of ether oxygens (including phenoxy) is 2. The van der Waals surface area contributed by atoms with Gasteiger partial charge in [0.25, 0.3) is 0 Å². The van der Waals surface area contributed by atoms with Gasteiger partial charge in [-0.1, -0.05) is 50.8 Å². The normalized spacial score (nSPS) is 12.4. The van der Waals surface area contributed by atoms with E-state index in [0.29, 0.717) is 25.8 Å². The van der Waals surface area contributed by atoms with Crippen molar-refractivity contribution >= 4 is 11.9 Å². The van der Waals surface area contributed by atoms with E-state index in [1.54, 1.807) is 7.11 Å². The van der Waals surface area contributed by atoms with Crippen molar-refractivity contribution < 1.29 is 34.4 Å². The third-order valence-corrected chi connectivity index (χ3v) is 4.14. The van der Waals surface area contributed by atoms with Gasteiger partial charge in [-0.05, 0) is 19.4 Å². The quantitative estimate of drug-likeness (QED) is 0.287. The molecule has 0 amide bonds. The fraction of sp³-hybridized carbons (Fsp3) is 0.619. The molecule has 1 aromatic carbocycles. The van der Waals surface area contributed by atoms with E-state index in [4.69, 9.17) is 29.3 Å². The lowest BCUT2D eigenvalue weighted by Crippen LogP contribution is -2.35. The van der Waals surface area contributed by atoms with Gasteiger partial charge in [0.1, 0.15) is 5.75 Å². The number of carbonyl (C=O) groups is 2. The number of rotatable bonds is 13. The van der Waals surface area contributed by atoms with Crippen LogP contribution in [0.2, 0.25) is 0 Å². The highest BCUT2D eigenvalue weighted by Crippen LogP contribution is 2.17. The zero-order valence-electron chi connectivity index (χ0n) is 17.6. The Kier molecular flexibility index (Phi) is 15.5. The van der Waals surface area contributed by atoms with Crippen LogP contribution >= 0.6 is 0 Å². The molecule has 0 bridgehead atoms. The number of aliphatic carboxylic acids is 2. The van der Waals surface area contributed by atoms with Crippen LogP contribution in [0.3, 0.4) is 0 Å². The van der Waals surface area contributed by atoms with Crippen LogP contribution in [0.4, 0.5) is 0 Å². The highest BCUT2D eigenvalue weighted by Gasteiger charge is 2.08. The lowest BCUT2D eigenvalue weighted by atomic mass is 10.1. The van der Waals surface area contributed by atoms with E-state index in [1.165, 1.54) is 25.7 Å². The maximum atomic E-state index is 9.99. The SMILES string of the molecule is CCCCCCC(C)NCC(O)COCc1ccccc1OC.O=C(O)C(=O)O. The van der Waals surface area contributed by atoms with Gasteiger partial charge in [-0.25, -0.2) is 9.59 Å². The Bertz CT molecular complexity index is 568. The smallest absolute Gasteiger partial charge is 0.414 e. The molecule has 29 heavy (non-hydrogen) atoms. The lowest BCUT2D eigenvalue weighted by molar-refractivity contribution is -0.159. The zero-order valence-corrected chi connectivity index (χ0v) is 17.6. The van der Waals surface area contributed by atoms with Gasteiger partial charge in [-0.3, -0.25) is 0 Å². The van der Waals surface area contributed by atoms with E-state index in [1.807, 2.05) is 24.3 Å². The molecule has 0 fully saturated rings. The molecule has 0 spiro atoms. The topological polar surface area (TPSA) is 125 Å². The second-order valence-electron chi connectivity index (χ2n) is 6.75. The molecule has 0 saturated carbocycles. The minimum absolute atomic E-state index is 0.327. The molecule has 0 aliphatic heterocycles. The molecule has 2 unspecified atom stereocenters. The second-order valence-corrected chi connectivity index (χ2v) is 6.75. The van der Waals surface area contributed by atoms with Crippen molar-refractivity contribution in [2.24, 2.45) is 0 Å². The van der Waals surface area contributed by atoms with Crippen LogP contribution in [-0.2, 0) is 20.9 Å². The number of methoxy groups -OCH3 is 1. The summed E-state index contributed by atoms with van der Waals surface area (Å²) in [7, 11) is 1.65. The standard InChI is InChI=1S/C19H33NO3.C2H2O4/c1-4-5-6-7-10-16(2)20-13-18(21)15-23-14-17-11-8-9-12-19(17)22-3;3-1(4)2(5)6/h8-9,11-12,16,18,20-21H,4-7,10,13-15H2,1-3H3;(H,3,4)(H,5,6). The average molecular weight is 414 g/mol. The summed E-state index contributed by atoms with van der Waals surface area (Å²) < 4.78 is 10.9. The number of aliphatic hydroxyl groups is 1. The Labute approximate surface area is 172 Å². The number of benzene rings is 1. The van der Waals surface area contributed by atoms with Gasteiger partial charge >= 0.3 is 11.9 Å². The highest BCUT2D eigenvalue weighted by molar-refractivity contribution is 6.27. The molecule has 8 heteroatoms. The van der Waals surface area contributed by atoms with Gasteiger partial charge in [0.15, 0.2) is 0 Å². The fourth-order valence-corrected chi connectivity index (χ4v) is 2.50. The van der Waals surface area contributed by atoms with E-state index < -0.39 is 18.0 Å². The third kappa shape index (κ3) is 14.5. The van der Waals surface area contributed by atoms with E-state index in [-0.39, 0.29) is 0 Å². The summed E-state index contributed by atoms with van der Waals surface area (Å²) in [4.78, 5) is 18.2. The number of hydrogen-bond donors (Lipinski definition) is 4. The first-order chi connectivity index (χ1) is 13.8. The Morgan fingerprint density at radius 1 is 1.10 bits per heavy atom. The first-order valence-electron chi connectivity index (χ1n) is 9.89. The molecule has 1 rings (SSSR count). The molecule has 8 nitrogen and oxygen atoms in total. The number of para-hydroxylation sites is 1. The van der Waals surface area contributed by atoms with Crippen molar-refractivity contribution in [3.05, 3.63) is 29.8 Å². The molecule has 166 valence electrons. The van der Waals surface area contributed by atoms with E-state index >= 15 is 0 Å². The summed E-state index contributed by atoms with van der Waals surface area (Å²) in [6, 6.07) is 8.22. The minimum atomic E-state index is -1.82. The lowest BCUT2D eigenvalue weighted by Gasteiger charge is -2.17. The Morgan fingerprint density at radius 3 is 2.34 bits per heavy atom. The fourth-order valence-electron chi connectivity index (χ4n) is 2.50. The maximum absolute atomic E-state index is 9.99. The van der Waals surface area contributed by atoms with Crippen LogP contribution < -0.4 is 10.1 Å². The Balaban J connectivity index is 0.00000113. The number of unbranched alkanes of at least 4 members (excludes halogenated alkanes) is 3. The molecule has 0 radical (unpaired) electrons. The Morgan fingerprint density at radius 2 is 1.76 bits per heavy atom. The largest absolute Gasteiger partial charge is 0.496 e. The molecular weight excluding hydrogens is 378 g/mol. The van der Waals surface area contributed by atoms with Gasteiger partial charge < -0.3 is 30.1 Å². The van der Waals surface area contributed by atoms with Crippen molar-refractivity contribution in [1.29, 1.82) is 0 Å². The van der Waals surface area contributed by atoms with Gasteiger partial charge in [0.05, 0.1) is 26.4 Å². The number of nitrogens with one attached hydrogen (secondary N) is 1. The Hall–Kier alpha value is -2.16. The molecule has 2 atom stereocenters. The van der Waals surface area contributed by atoms with Crippen LogP contribution in [0.15, 0.2) is 24.3 Å². The summed E-state index contributed by atoms with van der Waals surface area (Å²) in [5, 5.41) is 28.2. The summed E-state index contributed by atoms with van der Waals surface area (Å²) in [6.45, 7) is 5.75. The molecule has 0 saturated heterocycles. The van der Waals surface area contributed by atoms with Gasteiger partial charge in [0.2, 0.25) is 0 Å². The molecule has 0 aliphatic rings. The van der Waals surface area contributed by atoms with Crippen LogP contribution in [-0.4, -0.2) is 59.7 Å². The van der Waals surface area contributed by atoms with E-state index in [2.05, 4.69) is 19.2 Å². The number of hydrogen-bond acceptors (Lipinski definition) is 6. The van der Waals surface area contributed by atoms with Gasteiger partial charge in [-0.15, -0.1) is 0 Å². The third-order valence-electron chi connectivity index (χ3n) is 4.14. The van der Waals surface area contributed by atoms with Gasteiger partial charge in [0, 0.05) is 18.2 Å². The second kappa shape index (κ2) is 16.8. The van der Waals surface area contributed by atoms with Crippen molar-refractivity contribution in [3.63, 3.8) is 0 Å². The predicted molar refractivity (Wildman–Crippen MR) is 110 cm³/mol. The predicted octanol–water partition coefficient (Wildman–Crippen LogP) is 2.68. The van der Waals surface area contributed by atoms with Crippen molar-refractivity contribution in [2.45, 2.75) is 64.7 Å². The summed E-state index contributed by atoms with van der Waals surface area (Å²) in [5.41, 5.74) is 0.999. The average Bonchev–Trinajstić information content (AvgIpc) is 2.70. The van der Waals surface area contributed by atoms with E-state index in [0.717, 1.165) is 17.7 Å². The van der Waals surface area contributed by atoms with Crippen molar-refractivity contribution in [3.8, 4) is 5.75 Å². The first kappa shape index (κ1) is 26.8. The molecule has 4 N–H and O–H groups in total. The molecule has 0 aliphatic carbocycles. The zero-order chi connectivity index (χ0) is 22.1. The van der Waals surface area contributed by atoms with Crippen LogP contribution in [0.25, 0.3) is 0 Å². The molecular formula is C21H35NO7. The minimum Gasteiger partial charge on any atom is -0.496 e. The van der Waals surface area contributed by atoms with Crippen molar-refractivity contribution in [1.82, 2.24) is 5.32 Å². The molecule has 0 aromatic heterocycles. The number of carboxylic acids is 2. The van der Waals surface area contributed by atoms with Gasteiger partial charge in [-0.2, -0.15) is 0 Å². The highest BCUT2D eigenvalue weighted by atomic mass is 16.5. The maximum Gasteiger partial charge on any atom is 0.414 e. The van der Waals surface area contributed by atoms with E-state index in [9.17, 15) is 5.11 Å². The summed E-state index contributed by atoms with van der Waals surface area (Å²) >= 11 is 0. The monoisotopic (exact) mass is 413 g/mol. The molecule has 1 aromatic rings.